The number of nitrogens with one attached hydrogen (secondary N) is 1. The van der Waals surface area contributed by atoms with E-state index in [0.717, 1.165) is 67.1 Å². The summed E-state index contributed by atoms with van der Waals surface area (Å²) >= 11 is 0. The van der Waals surface area contributed by atoms with Crippen LogP contribution in [0.4, 0.5) is 0 Å². The van der Waals surface area contributed by atoms with Gasteiger partial charge in [0, 0.05) is 22.8 Å². The van der Waals surface area contributed by atoms with Gasteiger partial charge >= 0.3 is 0 Å². The molecule has 2 aromatic carbocycles. The van der Waals surface area contributed by atoms with Crippen LogP contribution >= 0.6 is 0 Å². The van der Waals surface area contributed by atoms with Crippen molar-refractivity contribution in [3.05, 3.63) is 66.4 Å². The third-order valence-corrected chi connectivity index (χ3v) is 6.71. The van der Waals surface area contributed by atoms with Gasteiger partial charge in [-0.1, -0.05) is 57.9 Å². The Hall–Kier alpha value is -3.11. The number of H-pyrrole nitrogens is 1. The minimum absolute atomic E-state index is 0.750. The molecule has 4 nitrogen and oxygen atoms in total. The van der Waals surface area contributed by atoms with E-state index >= 15 is 0 Å². The number of nitrogens with zero attached hydrogens (tertiary/aromatic N) is 2. The van der Waals surface area contributed by atoms with E-state index in [0.29, 0.717) is 0 Å². The zero-order valence-corrected chi connectivity index (χ0v) is 21.5. The lowest BCUT2D eigenvalue weighted by molar-refractivity contribution is 0.249. The third-order valence-electron chi connectivity index (χ3n) is 6.71. The van der Waals surface area contributed by atoms with Crippen molar-refractivity contribution in [1.29, 1.82) is 0 Å². The molecule has 4 heteroatoms. The van der Waals surface area contributed by atoms with Crippen molar-refractivity contribution in [2.75, 3.05) is 26.2 Å². The van der Waals surface area contributed by atoms with Crippen LogP contribution < -0.4 is 4.74 Å². The van der Waals surface area contributed by atoms with Gasteiger partial charge in [0.1, 0.15) is 11.4 Å². The fraction of sp³-hybridized carbons (Fsp3) is 0.387. The quantitative estimate of drug-likeness (QED) is 0.201. The Morgan fingerprint density at radius 3 is 2.43 bits per heavy atom. The molecule has 35 heavy (non-hydrogen) atoms. The van der Waals surface area contributed by atoms with Gasteiger partial charge < -0.3 is 14.6 Å². The van der Waals surface area contributed by atoms with Crippen molar-refractivity contribution in [3.8, 4) is 16.9 Å². The normalized spacial score (nSPS) is 11.9. The molecule has 0 aliphatic heterocycles. The largest absolute Gasteiger partial charge is 0.494 e. The second-order valence-corrected chi connectivity index (χ2v) is 9.17. The zero-order valence-electron chi connectivity index (χ0n) is 21.5. The van der Waals surface area contributed by atoms with Crippen LogP contribution in [0.25, 0.3) is 39.1 Å². The third kappa shape index (κ3) is 6.52. The van der Waals surface area contributed by atoms with Crippen LogP contribution in [0.5, 0.6) is 5.75 Å². The van der Waals surface area contributed by atoms with Crippen LogP contribution in [0.15, 0.2) is 60.7 Å². The Kier molecular flexibility index (Phi) is 8.96. The summed E-state index contributed by atoms with van der Waals surface area (Å²) in [7, 11) is 0. The number of rotatable bonds is 13. The van der Waals surface area contributed by atoms with Gasteiger partial charge in [-0.2, -0.15) is 0 Å². The van der Waals surface area contributed by atoms with Crippen molar-refractivity contribution in [2.45, 2.75) is 52.9 Å². The summed E-state index contributed by atoms with van der Waals surface area (Å²) in [5.41, 5.74) is 5.46. The molecule has 4 rings (SSSR count). The fourth-order valence-electron chi connectivity index (χ4n) is 4.54. The van der Waals surface area contributed by atoms with E-state index in [1.54, 1.807) is 0 Å². The Labute approximate surface area is 210 Å². The number of benzene rings is 2. The second-order valence-electron chi connectivity index (χ2n) is 9.17. The monoisotopic (exact) mass is 469 g/mol. The lowest BCUT2D eigenvalue weighted by Crippen LogP contribution is -2.25. The summed E-state index contributed by atoms with van der Waals surface area (Å²) < 4.78 is 5.96. The molecular weight excluding hydrogens is 430 g/mol. The number of hydrogen-bond donors (Lipinski definition) is 1. The van der Waals surface area contributed by atoms with Gasteiger partial charge in [-0.15, -0.1) is 0 Å². The first kappa shape index (κ1) is 25.0. The molecule has 0 saturated carbocycles. The summed E-state index contributed by atoms with van der Waals surface area (Å²) in [6.07, 6.45) is 10.3. The highest BCUT2D eigenvalue weighted by Crippen LogP contribution is 2.30. The van der Waals surface area contributed by atoms with Gasteiger partial charge in [0.25, 0.3) is 0 Å². The number of aromatic amines is 1. The molecule has 0 unspecified atom stereocenters. The van der Waals surface area contributed by atoms with Gasteiger partial charge in [0.15, 0.2) is 0 Å². The van der Waals surface area contributed by atoms with E-state index in [2.05, 4.69) is 97.4 Å². The van der Waals surface area contributed by atoms with Crippen molar-refractivity contribution in [2.24, 2.45) is 0 Å². The average Bonchev–Trinajstić information content (AvgIpc) is 3.26. The zero-order chi connectivity index (χ0) is 24.5. The number of hydrogen-bond acceptors (Lipinski definition) is 3. The van der Waals surface area contributed by atoms with Crippen molar-refractivity contribution in [1.82, 2.24) is 14.9 Å². The molecule has 0 radical (unpaired) electrons. The SMILES string of the molecule is CCCCCC=Cc1ccc2c(n1)[nH]c1ccc(-c3ccc(OCCCN(CC)CC)cc3)cc12. The molecule has 184 valence electrons. The predicted octanol–water partition coefficient (Wildman–Crippen LogP) is 8.09. The Balaban J connectivity index is 1.43. The van der Waals surface area contributed by atoms with E-state index < -0.39 is 0 Å². The molecule has 4 aromatic rings. The molecule has 0 amide bonds. The first-order valence-corrected chi connectivity index (χ1v) is 13.3. The Bertz CT molecular complexity index is 1240. The number of fused-ring (bicyclic) bond motifs is 3. The van der Waals surface area contributed by atoms with Crippen molar-refractivity contribution >= 4 is 28.0 Å². The maximum atomic E-state index is 5.96. The number of pyridine rings is 1. The minimum Gasteiger partial charge on any atom is -0.494 e. The molecule has 1 N–H and O–H groups in total. The van der Waals surface area contributed by atoms with E-state index in [1.165, 1.54) is 35.8 Å². The summed E-state index contributed by atoms with van der Waals surface area (Å²) in [6.45, 7) is 10.7. The maximum absolute atomic E-state index is 5.96. The van der Waals surface area contributed by atoms with Gasteiger partial charge in [-0.3, -0.25) is 0 Å². The molecule has 0 aliphatic carbocycles. The van der Waals surface area contributed by atoms with E-state index in [1.807, 2.05) is 0 Å². The van der Waals surface area contributed by atoms with Gasteiger partial charge in [0.05, 0.1) is 12.3 Å². The molecule has 2 aromatic heterocycles. The van der Waals surface area contributed by atoms with Gasteiger partial charge in [-0.05, 0) is 86.0 Å². The van der Waals surface area contributed by atoms with E-state index in [9.17, 15) is 0 Å². The van der Waals surface area contributed by atoms with Crippen LogP contribution in [0.3, 0.4) is 0 Å². The first-order chi connectivity index (χ1) is 17.2. The summed E-state index contributed by atoms with van der Waals surface area (Å²) in [5, 5.41) is 2.37. The fourth-order valence-corrected chi connectivity index (χ4v) is 4.54. The molecule has 0 atom stereocenters. The van der Waals surface area contributed by atoms with Crippen molar-refractivity contribution < 1.29 is 4.74 Å². The molecule has 0 saturated heterocycles. The topological polar surface area (TPSA) is 41.1 Å². The molecular formula is C31H39N3O. The lowest BCUT2D eigenvalue weighted by atomic mass is 10.0. The number of allylic oxidation sites excluding steroid dienone is 1. The van der Waals surface area contributed by atoms with Gasteiger partial charge in [0.2, 0.25) is 0 Å². The number of aromatic nitrogens is 2. The highest BCUT2D eigenvalue weighted by molar-refractivity contribution is 6.07. The number of unbranched alkanes of at least 4 members (excludes halogenated alkanes) is 3. The minimum atomic E-state index is 0.750. The van der Waals surface area contributed by atoms with Crippen molar-refractivity contribution in [3.63, 3.8) is 0 Å². The van der Waals surface area contributed by atoms with Gasteiger partial charge in [-0.25, -0.2) is 4.98 Å². The molecule has 0 aliphatic rings. The van der Waals surface area contributed by atoms with E-state index in [-0.39, 0.29) is 0 Å². The smallest absolute Gasteiger partial charge is 0.139 e. The highest BCUT2D eigenvalue weighted by atomic mass is 16.5. The average molecular weight is 470 g/mol. The summed E-state index contributed by atoms with van der Waals surface area (Å²) in [6, 6.07) is 19.3. The maximum Gasteiger partial charge on any atom is 0.139 e. The van der Waals surface area contributed by atoms with Crippen LogP contribution in [0.1, 0.15) is 58.6 Å². The lowest BCUT2D eigenvalue weighted by Gasteiger charge is -2.17. The Morgan fingerprint density at radius 1 is 0.857 bits per heavy atom. The van der Waals surface area contributed by atoms with Crippen LogP contribution in [0, 0.1) is 0 Å². The first-order valence-electron chi connectivity index (χ1n) is 13.3. The predicted molar refractivity (Wildman–Crippen MR) is 150 cm³/mol. The highest BCUT2D eigenvalue weighted by Gasteiger charge is 2.08. The van der Waals surface area contributed by atoms with Crippen LogP contribution in [0.2, 0.25) is 0 Å². The van der Waals surface area contributed by atoms with Crippen LogP contribution in [-0.4, -0.2) is 41.1 Å². The molecule has 0 spiro atoms. The molecule has 0 bridgehead atoms. The summed E-state index contributed by atoms with van der Waals surface area (Å²) in [4.78, 5) is 10.8. The molecule has 2 heterocycles. The van der Waals surface area contributed by atoms with E-state index in [4.69, 9.17) is 9.72 Å². The summed E-state index contributed by atoms with van der Waals surface area (Å²) in [5.74, 6) is 0.931. The number of ether oxygens (including phenoxy) is 1. The second kappa shape index (κ2) is 12.6. The Morgan fingerprint density at radius 2 is 1.66 bits per heavy atom. The van der Waals surface area contributed by atoms with Crippen LogP contribution in [-0.2, 0) is 0 Å². The standard InChI is InChI=1S/C31H39N3O/c1-4-7-8-9-10-12-26-16-19-28-29-23-25(15-20-30(29)33-31(28)32-26)24-13-17-27(18-14-24)35-22-11-21-34(5-2)6-3/h10,12-20,23H,4-9,11,21-22H2,1-3H3,(H,32,33). The molecule has 0 fully saturated rings.